The van der Waals surface area contributed by atoms with Gasteiger partial charge in [0.2, 0.25) is 0 Å². The standard InChI is InChI=1S/C24H27N2O2/c1-28-24(27)21-14-12-19(13-15-21)17-25-18-22(20-9-5-4-6-10-20)26-16-8-3-2-7-11-23(25)26/h4-6,9-10,12-15,18H,2-3,7-8,11,16-17H2,1H3/q+1. The molecule has 0 radical (unpaired) electrons. The molecule has 0 amide bonds. The zero-order valence-electron chi connectivity index (χ0n) is 16.4. The van der Waals surface area contributed by atoms with Crippen LogP contribution in [0.3, 0.4) is 0 Å². The van der Waals surface area contributed by atoms with Gasteiger partial charge in [-0.2, -0.15) is 0 Å². The summed E-state index contributed by atoms with van der Waals surface area (Å²) in [6.45, 7) is 1.89. The molecule has 0 saturated heterocycles. The van der Waals surface area contributed by atoms with Crippen LogP contribution in [-0.2, 0) is 24.2 Å². The predicted molar refractivity (Wildman–Crippen MR) is 109 cm³/mol. The molecule has 4 heteroatoms. The fraction of sp³-hybridized carbons (Fsp3) is 0.333. The number of hydrogen-bond donors (Lipinski definition) is 0. The van der Waals surface area contributed by atoms with Crippen molar-refractivity contribution in [3.8, 4) is 11.3 Å². The Morgan fingerprint density at radius 2 is 1.75 bits per heavy atom. The Morgan fingerprint density at radius 3 is 2.50 bits per heavy atom. The topological polar surface area (TPSA) is 35.1 Å². The Balaban J connectivity index is 1.69. The summed E-state index contributed by atoms with van der Waals surface area (Å²) in [6, 6.07) is 18.4. The Labute approximate surface area is 166 Å². The van der Waals surface area contributed by atoms with Crippen molar-refractivity contribution in [1.29, 1.82) is 0 Å². The van der Waals surface area contributed by atoms with E-state index < -0.39 is 0 Å². The quantitative estimate of drug-likeness (QED) is 0.501. The van der Waals surface area contributed by atoms with Crippen molar-refractivity contribution in [2.45, 2.75) is 45.2 Å². The summed E-state index contributed by atoms with van der Waals surface area (Å²) in [5.41, 5.74) is 4.34. The first-order valence-electron chi connectivity index (χ1n) is 10.1. The van der Waals surface area contributed by atoms with E-state index in [-0.39, 0.29) is 5.97 Å². The van der Waals surface area contributed by atoms with Gasteiger partial charge in [-0.3, -0.25) is 0 Å². The van der Waals surface area contributed by atoms with Crippen LogP contribution >= 0.6 is 0 Å². The molecular weight excluding hydrogens is 348 g/mol. The lowest BCUT2D eigenvalue weighted by Gasteiger charge is -2.10. The molecule has 1 aliphatic rings. The second-order valence-electron chi connectivity index (χ2n) is 7.43. The van der Waals surface area contributed by atoms with E-state index in [1.54, 1.807) is 0 Å². The minimum absolute atomic E-state index is 0.292. The van der Waals surface area contributed by atoms with Crippen LogP contribution in [0.1, 0.15) is 47.4 Å². The highest BCUT2D eigenvalue weighted by molar-refractivity contribution is 5.89. The average molecular weight is 375 g/mol. The molecule has 1 aromatic heterocycles. The van der Waals surface area contributed by atoms with Crippen molar-refractivity contribution in [3.63, 3.8) is 0 Å². The van der Waals surface area contributed by atoms with E-state index in [9.17, 15) is 4.79 Å². The smallest absolute Gasteiger partial charge is 0.337 e. The van der Waals surface area contributed by atoms with Gasteiger partial charge in [-0.15, -0.1) is 0 Å². The Kier molecular flexibility index (Phi) is 5.56. The molecule has 144 valence electrons. The highest BCUT2D eigenvalue weighted by Gasteiger charge is 2.25. The van der Waals surface area contributed by atoms with E-state index in [2.05, 4.69) is 45.7 Å². The average Bonchev–Trinajstić information content (AvgIpc) is 3.04. The molecule has 0 atom stereocenters. The number of esters is 1. The van der Waals surface area contributed by atoms with Gasteiger partial charge in [0.25, 0.3) is 5.82 Å². The summed E-state index contributed by atoms with van der Waals surface area (Å²) in [4.78, 5) is 11.7. The molecule has 0 aliphatic carbocycles. The number of rotatable bonds is 4. The zero-order chi connectivity index (χ0) is 19.3. The molecule has 0 spiro atoms. The van der Waals surface area contributed by atoms with Crippen LogP contribution in [0.2, 0.25) is 0 Å². The number of carbonyl (C=O) groups excluding carboxylic acids is 1. The molecule has 28 heavy (non-hydrogen) atoms. The maximum absolute atomic E-state index is 11.7. The molecule has 0 N–H and O–H groups in total. The minimum atomic E-state index is -0.292. The van der Waals surface area contributed by atoms with E-state index in [1.165, 1.54) is 55.4 Å². The molecule has 1 aliphatic heterocycles. The molecule has 0 fully saturated rings. The third-order valence-corrected chi connectivity index (χ3v) is 5.54. The summed E-state index contributed by atoms with van der Waals surface area (Å²) in [7, 11) is 1.41. The lowest BCUT2D eigenvalue weighted by Crippen LogP contribution is -2.38. The number of methoxy groups -OCH3 is 1. The van der Waals surface area contributed by atoms with Crippen LogP contribution in [0.25, 0.3) is 11.3 Å². The number of carbonyl (C=O) groups is 1. The second-order valence-corrected chi connectivity index (χ2v) is 7.43. The van der Waals surface area contributed by atoms with Crippen LogP contribution in [0.5, 0.6) is 0 Å². The number of imidazole rings is 1. The fourth-order valence-corrected chi connectivity index (χ4v) is 4.06. The minimum Gasteiger partial charge on any atom is -0.465 e. The van der Waals surface area contributed by atoms with Gasteiger partial charge in [-0.25, -0.2) is 13.9 Å². The highest BCUT2D eigenvalue weighted by atomic mass is 16.5. The number of fused-ring (bicyclic) bond motifs is 1. The van der Waals surface area contributed by atoms with Crippen molar-refractivity contribution in [3.05, 3.63) is 77.7 Å². The number of aromatic nitrogens is 2. The first kappa shape index (κ1) is 18.5. The summed E-state index contributed by atoms with van der Waals surface area (Å²) in [5.74, 6) is 1.11. The van der Waals surface area contributed by atoms with Gasteiger partial charge in [0.15, 0.2) is 5.69 Å². The lowest BCUT2D eigenvalue weighted by molar-refractivity contribution is -0.695. The van der Waals surface area contributed by atoms with Crippen LogP contribution in [0, 0.1) is 0 Å². The second kappa shape index (κ2) is 8.42. The predicted octanol–water partition coefficient (Wildman–Crippen LogP) is 4.39. The van der Waals surface area contributed by atoms with E-state index >= 15 is 0 Å². The summed E-state index contributed by atoms with van der Waals surface area (Å²) >= 11 is 0. The Hall–Kier alpha value is -2.88. The summed E-state index contributed by atoms with van der Waals surface area (Å²) in [6.07, 6.45) is 8.48. The van der Waals surface area contributed by atoms with Crippen molar-refractivity contribution in [1.82, 2.24) is 4.57 Å². The largest absolute Gasteiger partial charge is 0.465 e. The molecule has 3 aromatic rings. The normalized spacial score (nSPS) is 14.0. The maximum Gasteiger partial charge on any atom is 0.337 e. The van der Waals surface area contributed by atoms with Crippen molar-refractivity contribution in [2.75, 3.05) is 7.11 Å². The van der Waals surface area contributed by atoms with Crippen LogP contribution in [0.15, 0.2) is 60.8 Å². The first-order chi connectivity index (χ1) is 13.8. The molecule has 0 saturated carbocycles. The van der Waals surface area contributed by atoms with Gasteiger partial charge in [0, 0.05) is 12.0 Å². The number of benzene rings is 2. The molecule has 4 rings (SSSR count). The first-order valence-corrected chi connectivity index (χ1v) is 10.1. The molecular formula is C24H27N2O2+. The van der Waals surface area contributed by atoms with Crippen LogP contribution in [-0.4, -0.2) is 17.6 Å². The molecule has 2 heterocycles. The van der Waals surface area contributed by atoms with Crippen molar-refractivity contribution < 1.29 is 14.1 Å². The van der Waals surface area contributed by atoms with Gasteiger partial charge in [0.05, 0.1) is 19.2 Å². The Morgan fingerprint density at radius 1 is 1.00 bits per heavy atom. The van der Waals surface area contributed by atoms with Crippen LogP contribution < -0.4 is 4.57 Å². The molecule has 2 aromatic carbocycles. The van der Waals surface area contributed by atoms with Gasteiger partial charge in [0.1, 0.15) is 12.7 Å². The van der Waals surface area contributed by atoms with E-state index in [0.29, 0.717) is 5.56 Å². The van der Waals surface area contributed by atoms with Crippen molar-refractivity contribution in [2.24, 2.45) is 0 Å². The third-order valence-electron chi connectivity index (χ3n) is 5.54. The molecule has 0 bridgehead atoms. The highest BCUT2D eigenvalue weighted by Crippen LogP contribution is 2.24. The number of hydrogen-bond acceptors (Lipinski definition) is 2. The Bertz CT molecular complexity index is 943. The molecule has 4 nitrogen and oxygen atoms in total. The summed E-state index contributed by atoms with van der Waals surface area (Å²) in [5, 5.41) is 0. The van der Waals surface area contributed by atoms with Gasteiger partial charge < -0.3 is 4.74 Å². The number of nitrogens with zero attached hydrogens (tertiary/aromatic N) is 2. The molecule has 0 unspecified atom stereocenters. The zero-order valence-corrected chi connectivity index (χ0v) is 16.4. The van der Waals surface area contributed by atoms with Gasteiger partial charge in [-0.1, -0.05) is 48.9 Å². The van der Waals surface area contributed by atoms with E-state index in [4.69, 9.17) is 4.74 Å². The maximum atomic E-state index is 11.7. The monoisotopic (exact) mass is 375 g/mol. The van der Waals surface area contributed by atoms with E-state index in [0.717, 1.165) is 19.5 Å². The lowest BCUT2D eigenvalue weighted by atomic mass is 10.1. The third kappa shape index (κ3) is 3.86. The fourth-order valence-electron chi connectivity index (χ4n) is 4.06. The van der Waals surface area contributed by atoms with Crippen molar-refractivity contribution >= 4 is 5.97 Å². The van der Waals surface area contributed by atoms with Crippen LogP contribution in [0.4, 0.5) is 0 Å². The summed E-state index contributed by atoms with van der Waals surface area (Å²) < 4.78 is 9.70. The SMILES string of the molecule is COC(=O)c1ccc(C[n+]2cc(-c3ccccc3)n3c2CCCCCC3)cc1. The van der Waals surface area contributed by atoms with Gasteiger partial charge in [-0.05, 0) is 37.0 Å². The van der Waals surface area contributed by atoms with E-state index in [1.807, 2.05) is 24.3 Å². The van der Waals surface area contributed by atoms with Gasteiger partial charge >= 0.3 is 5.97 Å². The number of ether oxygens (including phenoxy) is 1.